The number of fused-ring (bicyclic) bond motifs is 1. The number of carbonyl (C=O) groups excluding carboxylic acids is 1. The van der Waals surface area contributed by atoms with Crippen molar-refractivity contribution in [2.24, 2.45) is 0 Å². The lowest BCUT2D eigenvalue weighted by Gasteiger charge is -2.13. The number of Topliss-reactive ketones (excluding diaryl/α,β-unsaturated/α-hetero) is 1. The van der Waals surface area contributed by atoms with Crippen LogP contribution in [0.4, 0.5) is 4.39 Å². The molecule has 2 N–H and O–H groups in total. The Bertz CT molecular complexity index is 973. The van der Waals surface area contributed by atoms with Gasteiger partial charge < -0.3 is 10.7 Å². The first-order valence-corrected chi connectivity index (χ1v) is 8.75. The molecule has 0 saturated heterocycles. The van der Waals surface area contributed by atoms with E-state index in [1.807, 2.05) is 22.9 Å². The highest BCUT2D eigenvalue weighted by Crippen LogP contribution is 2.29. The van der Waals surface area contributed by atoms with Gasteiger partial charge in [0.25, 0.3) is 0 Å². The number of aromatic nitrogens is 1. The lowest BCUT2D eigenvalue weighted by Crippen LogP contribution is -2.22. The van der Waals surface area contributed by atoms with Crippen molar-refractivity contribution < 1.29 is 9.18 Å². The molecule has 4 nitrogen and oxygen atoms in total. The van der Waals surface area contributed by atoms with Crippen molar-refractivity contribution >= 4 is 22.3 Å². The fraction of sp³-hybridized carbons (Fsp3) is 0.190. The minimum atomic E-state index is -0.342. The van der Waals surface area contributed by atoms with Gasteiger partial charge in [-0.3, -0.25) is 9.47 Å². The molecule has 1 aromatic heterocycles. The van der Waals surface area contributed by atoms with E-state index >= 15 is 0 Å². The lowest BCUT2D eigenvalue weighted by atomic mass is 10.00. The van der Waals surface area contributed by atoms with Gasteiger partial charge in [0.2, 0.25) is 0 Å². The van der Waals surface area contributed by atoms with Gasteiger partial charge in [-0.15, -0.1) is 0 Å². The van der Waals surface area contributed by atoms with Crippen LogP contribution in [0.3, 0.4) is 0 Å². The smallest absolute Gasteiger partial charge is 0.183 e. The second-order valence-electron chi connectivity index (χ2n) is 6.38. The molecule has 132 valence electrons. The van der Waals surface area contributed by atoms with E-state index in [2.05, 4.69) is 29.1 Å². The Balaban J connectivity index is 1.59. The van der Waals surface area contributed by atoms with Crippen LogP contribution < -0.4 is 10.7 Å². The molecule has 1 aliphatic heterocycles. The number of para-hydroxylation sites is 1. The zero-order chi connectivity index (χ0) is 17.9. The molecule has 0 aliphatic carbocycles. The van der Waals surface area contributed by atoms with E-state index in [-0.39, 0.29) is 18.1 Å². The van der Waals surface area contributed by atoms with Gasteiger partial charge >= 0.3 is 0 Å². The number of hydrogen-bond donors (Lipinski definition) is 2. The van der Waals surface area contributed by atoms with Crippen molar-refractivity contribution in [1.29, 1.82) is 0 Å². The van der Waals surface area contributed by atoms with Crippen LogP contribution in [0, 0.1) is 5.82 Å². The summed E-state index contributed by atoms with van der Waals surface area (Å²) in [6.07, 6.45) is 5.27. The molecule has 0 amide bonds. The van der Waals surface area contributed by atoms with Crippen LogP contribution in [-0.2, 0) is 0 Å². The fourth-order valence-electron chi connectivity index (χ4n) is 3.33. The molecule has 26 heavy (non-hydrogen) atoms. The average molecular weight is 349 g/mol. The summed E-state index contributed by atoms with van der Waals surface area (Å²) in [4.78, 5) is 12.4. The standard InChI is InChI=1S/C21H20FN3O/c22-17-7-5-16(6-8-17)21(26)13-24-25-14-19(15-9-11-23-12-10-15)18-3-1-2-4-20(18)25/h1-9,14,23-24H,10-13H2. The lowest BCUT2D eigenvalue weighted by molar-refractivity contribution is 0.100. The zero-order valence-corrected chi connectivity index (χ0v) is 14.3. The third-order valence-corrected chi connectivity index (χ3v) is 4.70. The number of halogens is 1. The number of hydrogen-bond acceptors (Lipinski definition) is 3. The summed E-state index contributed by atoms with van der Waals surface area (Å²) in [5.74, 6) is -0.420. The third-order valence-electron chi connectivity index (χ3n) is 4.70. The Kier molecular flexibility index (Phi) is 4.54. The molecule has 0 fully saturated rings. The van der Waals surface area contributed by atoms with Gasteiger partial charge in [0.05, 0.1) is 12.1 Å². The Hall–Kier alpha value is -2.92. The Labute approximate surface area is 151 Å². The molecule has 2 heterocycles. The van der Waals surface area contributed by atoms with E-state index in [0.717, 1.165) is 25.0 Å². The van der Waals surface area contributed by atoms with E-state index in [1.165, 1.54) is 40.8 Å². The third kappa shape index (κ3) is 3.26. The highest BCUT2D eigenvalue weighted by atomic mass is 19.1. The van der Waals surface area contributed by atoms with Gasteiger partial charge in [-0.2, -0.15) is 0 Å². The average Bonchev–Trinajstić information content (AvgIpc) is 3.06. The van der Waals surface area contributed by atoms with E-state index in [0.29, 0.717) is 5.56 Å². The summed E-state index contributed by atoms with van der Waals surface area (Å²) in [6, 6.07) is 13.8. The number of nitrogens with zero attached hydrogens (tertiary/aromatic N) is 1. The van der Waals surface area contributed by atoms with Crippen LogP contribution in [0.1, 0.15) is 22.3 Å². The maximum atomic E-state index is 13.0. The monoisotopic (exact) mass is 349 g/mol. The number of rotatable bonds is 5. The highest BCUT2D eigenvalue weighted by molar-refractivity contribution is 5.99. The number of carbonyl (C=O) groups is 1. The molecule has 2 aromatic carbocycles. The van der Waals surface area contributed by atoms with Crippen LogP contribution in [0.25, 0.3) is 16.5 Å². The van der Waals surface area contributed by atoms with Crippen molar-refractivity contribution in [3.63, 3.8) is 0 Å². The summed E-state index contributed by atoms with van der Waals surface area (Å²) in [5, 5.41) is 4.50. The molecule has 0 saturated carbocycles. The summed E-state index contributed by atoms with van der Waals surface area (Å²) < 4.78 is 14.9. The quantitative estimate of drug-likeness (QED) is 0.692. The highest BCUT2D eigenvalue weighted by Gasteiger charge is 2.14. The summed E-state index contributed by atoms with van der Waals surface area (Å²) in [6.45, 7) is 2.00. The topological polar surface area (TPSA) is 46.1 Å². The van der Waals surface area contributed by atoms with Gasteiger partial charge in [-0.25, -0.2) is 4.39 Å². The molecule has 4 rings (SSSR count). The first kappa shape index (κ1) is 16.5. The Morgan fingerprint density at radius 3 is 2.73 bits per heavy atom. The molecule has 5 heteroatoms. The second-order valence-corrected chi connectivity index (χ2v) is 6.38. The van der Waals surface area contributed by atoms with Crippen molar-refractivity contribution in [2.45, 2.75) is 6.42 Å². The minimum absolute atomic E-state index is 0.0783. The first-order chi connectivity index (χ1) is 12.7. The van der Waals surface area contributed by atoms with Gasteiger partial charge in [0, 0.05) is 29.3 Å². The van der Waals surface area contributed by atoms with Gasteiger partial charge in [-0.1, -0.05) is 24.3 Å². The zero-order valence-electron chi connectivity index (χ0n) is 14.3. The molecule has 1 aliphatic rings. The van der Waals surface area contributed by atoms with Crippen LogP contribution in [0.15, 0.2) is 60.8 Å². The van der Waals surface area contributed by atoms with Crippen molar-refractivity contribution in [1.82, 2.24) is 9.99 Å². The summed E-state index contributed by atoms with van der Waals surface area (Å²) in [7, 11) is 0. The van der Waals surface area contributed by atoms with Crippen molar-refractivity contribution in [3.8, 4) is 0 Å². The maximum Gasteiger partial charge on any atom is 0.183 e. The normalized spacial score (nSPS) is 14.3. The molecular weight excluding hydrogens is 329 g/mol. The molecule has 3 aromatic rings. The van der Waals surface area contributed by atoms with Gasteiger partial charge in [-0.05, 0) is 48.9 Å². The predicted octanol–water partition coefficient (Wildman–Crippen LogP) is 3.58. The Morgan fingerprint density at radius 1 is 1.15 bits per heavy atom. The molecule has 0 unspecified atom stereocenters. The largest absolute Gasteiger partial charge is 0.318 e. The number of benzene rings is 2. The predicted molar refractivity (Wildman–Crippen MR) is 102 cm³/mol. The van der Waals surface area contributed by atoms with E-state index in [4.69, 9.17) is 0 Å². The maximum absolute atomic E-state index is 13.0. The van der Waals surface area contributed by atoms with Gasteiger partial charge in [0.15, 0.2) is 5.78 Å². The molecule has 0 atom stereocenters. The van der Waals surface area contributed by atoms with E-state index in [9.17, 15) is 9.18 Å². The SMILES string of the molecule is O=C(CNn1cc(C2=CCNCC2)c2ccccc21)c1ccc(F)cc1. The van der Waals surface area contributed by atoms with Crippen LogP contribution >= 0.6 is 0 Å². The van der Waals surface area contributed by atoms with Gasteiger partial charge in [0.1, 0.15) is 5.82 Å². The van der Waals surface area contributed by atoms with Crippen LogP contribution in [0.2, 0.25) is 0 Å². The summed E-state index contributed by atoms with van der Waals surface area (Å²) in [5.41, 5.74) is 7.25. The van der Waals surface area contributed by atoms with E-state index < -0.39 is 0 Å². The molecule has 0 radical (unpaired) electrons. The van der Waals surface area contributed by atoms with Crippen LogP contribution in [0.5, 0.6) is 0 Å². The van der Waals surface area contributed by atoms with Crippen molar-refractivity contribution in [2.75, 3.05) is 25.1 Å². The Morgan fingerprint density at radius 2 is 1.96 bits per heavy atom. The first-order valence-electron chi connectivity index (χ1n) is 8.75. The summed E-state index contributed by atoms with van der Waals surface area (Å²) >= 11 is 0. The van der Waals surface area contributed by atoms with Crippen molar-refractivity contribution in [3.05, 3.63) is 77.7 Å². The fourth-order valence-corrected chi connectivity index (χ4v) is 3.33. The van der Waals surface area contributed by atoms with E-state index in [1.54, 1.807) is 0 Å². The molecule has 0 spiro atoms. The second kappa shape index (κ2) is 7.14. The molecular formula is C21H20FN3O. The number of ketones is 1. The number of nitrogens with one attached hydrogen (secondary N) is 2. The molecule has 0 bridgehead atoms. The van der Waals surface area contributed by atoms with Crippen LogP contribution in [-0.4, -0.2) is 30.1 Å². The minimum Gasteiger partial charge on any atom is -0.318 e.